The number of carboxylic acid groups (broad SMARTS) is 1. The summed E-state index contributed by atoms with van der Waals surface area (Å²) >= 11 is 0. The molecule has 11 nitrogen and oxygen atoms in total. The number of carboxylic acids is 1. The predicted molar refractivity (Wildman–Crippen MR) is 67.8 cm³/mol. The molecule has 134 valence electrons. The molecular formula is C12H20O11. The van der Waals surface area contributed by atoms with Crippen LogP contribution in [-0.4, -0.2) is 103 Å². The summed E-state index contributed by atoms with van der Waals surface area (Å²) in [5.41, 5.74) is 0. The Balaban J connectivity index is 2.16. The number of rotatable bonds is 3. The van der Waals surface area contributed by atoms with E-state index in [1.165, 1.54) is 6.92 Å². The Hall–Kier alpha value is -0.890. The predicted octanol–water partition coefficient (Wildman–Crippen LogP) is -4.28. The Morgan fingerprint density at radius 1 is 0.870 bits per heavy atom. The minimum Gasteiger partial charge on any atom is -0.479 e. The van der Waals surface area contributed by atoms with Crippen molar-refractivity contribution in [3.63, 3.8) is 0 Å². The highest BCUT2D eigenvalue weighted by molar-refractivity contribution is 5.73. The largest absolute Gasteiger partial charge is 0.479 e. The SMILES string of the molecule is C[C@@H]1O[C@@H](O[C@H]2[C@H](O)[C@@H](O)[C@@H](O)O[C@@H]2C(=O)O)[C@H](O)[C@H](O)[C@H]1O. The molecule has 2 rings (SSSR count). The highest BCUT2D eigenvalue weighted by atomic mass is 16.7. The van der Waals surface area contributed by atoms with Crippen molar-refractivity contribution in [2.24, 2.45) is 0 Å². The number of aliphatic hydroxyl groups is 6. The van der Waals surface area contributed by atoms with Crippen molar-refractivity contribution in [2.45, 2.75) is 68.3 Å². The van der Waals surface area contributed by atoms with E-state index in [-0.39, 0.29) is 0 Å². The van der Waals surface area contributed by atoms with Gasteiger partial charge in [-0.3, -0.25) is 0 Å². The summed E-state index contributed by atoms with van der Waals surface area (Å²) in [5.74, 6) is -1.58. The van der Waals surface area contributed by atoms with Crippen LogP contribution in [0.4, 0.5) is 0 Å². The summed E-state index contributed by atoms with van der Waals surface area (Å²) in [6.45, 7) is 1.39. The van der Waals surface area contributed by atoms with Crippen molar-refractivity contribution in [1.29, 1.82) is 0 Å². The van der Waals surface area contributed by atoms with Gasteiger partial charge in [-0.1, -0.05) is 0 Å². The molecule has 0 saturated carbocycles. The first-order valence-electron chi connectivity index (χ1n) is 6.92. The topological polar surface area (TPSA) is 186 Å². The molecule has 2 saturated heterocycles. The van der Waals surface area contributed by atoms with Crippen LogP contribution in [0, 0.1) is 0 Å². The number of ether oxygens (including phenoxy) is 3. The molecule has 0 aliphatic carbocycles. The van der Waals surface area contributed by atoms with Gasteiger partial charge in [0.1, 0.15) is 36.6 Å². The minimum absolute atomic E-state index is 0.946. The fourth-order valence-electron chi connectivity index (χ4n) is 2.48. The van der Waals surface area contributed by atoms with Crippen LogP contribution in [0.25, 0.3) is 0 Å². The minimum atomic E-state index is -1.94. The fourth-order valence-corrected chi connectivity index (χ4v) is 2.48. The average molecular weight is 340 g/mol. The number of aliphatic carboxylic acids is 1. The molecule has 2 fully saturated rings. The lowest BCUT2D eigenvalue weighted by atomic mass is 9.97. The first-order valence-corrected chi connectivity index (χ1v) is 6.92. The van der Waals surface area contributed by atoms with Crippen LogP contribution < -0.4 is 0 Å². The van der Waals surface area contributed by atoms with Gasteiger partial charge >= 0.3 is 5.97 Å². The monoisotopic (exact) mass is 340 g/mol. The van der Waals surface area contributed by atoms with Gasteiger partial charge in [0.2, 0.25) is 0 Å². The molecule has 0 spiro atoms. The Morgan fingerprint density at radius 2 is 1.48 bits per heavy atom. The van der Waals surface area contributed by atoms with Gasteiger partial charge in [0.05, 0.1) is 6.10 Å². The Labute approximate surface area is 130 Å². The maximum Gasteiger partial charge on any atom is 0.335 e. The van der Waals surface area contributed by atoms with E-state index in [0.717, 1.165) is 0 Å². The summed E-state index contributed by atoms with van der Waals surface area (Å²) in [7, 11) is 0. The molecular weight excluding hydrogens is 320 g/mol. The van der Waals surface area contributed by atoms with Crippen molar-refractivity contribution in [3.05, 3.63) is 0 Å². The zero-order chi connectivity index (χ0) is 17.5. The van der Waals surface area contributed by atoms with E-state index in [0.29, 0.717) is 0 Å². The molecule has 0 bridgehead atoms. The van der Waals surface area contributed by atoms with Crippen LogP contribution in [0.15, 0.2) is 0 Å². The van der Waals surface area contributed by atoms with E-state index in [2.05, 4.69) is 4.74 Å². The van der Waals surface area contributed by atoms with Crippen molar-refractivity contribution < 1.29 is 54.8 Å². The molecule has 0 aromatic carbocycles. The smallest absolute Gasteiger partial charge is 0.335 e. The maximum absolute atomic E-state index is 11.2. The zero-order valence-corrected chi connectivity index (χ0v) is 12.0. The molecule has 0 aromatic heterocycles. The highest BCUT2D eigenvalue weighted by Gasteiger charge is 2.51. The zero-order valence-electron chi connectivity index (χ0n) is 12.0. The molecule has 10 atom stereocenters. The third kappa shape index (κ3) is 3.47. The van der Waals surface area contributed by atoms with Gasteiger partial charge in [-0.05, 0) is 6.92 Å². The van der Waals surface area contributed by atoms with Crippen molar-refractivity contribution in [3.8, 4) is 0 Å². The maximum atomic E-state index is 11.2. The van der Waals surface area contributed by atoms with E-state index >= 15 is 0 Å². The molecule has 0 unspecified atom stereocenters. The van der Waals surface area contributed by atoms with Crippen LogP contribution in [0.3, 0.4) is 0 Å². The van der Waals surface area contributed by atoms with Gasteiger partial charge in [0.15, 0.2) is 18.7 Å². The first-order chi connectivity index (χ1) is 10.6. The van der Waals surface area contributed by atoms with Gasteiger partial charge in [-0.25, -0.2) is 4.79 Å². The second kappa shape index (κ2) is 6.93. The molecule has 7 N–H and O–H groups in total. The highest BCUT2D eigenvalue weighted by Crippen LogP contribution is 2.28. The lowest BCUT2D eigenvalue weighted by molar-refractivity contribution is -0.347. The van der Waals surface area contributed by atoms with E-state index < -0.39 is 67.4 Å². The lowest BCUT2D eigenvalue weighted by Gasteiger charge is -2.44. The van der Waals surface area contributed by atoms with Gasteiger partial charge in [0.25, 0.3) is 0 Å². The van der Waals surface area contributed by atoms with E-state index in [4.69, 9.17) is 14.6 Å². The third-order valence-electron chi connectivity index (χ3n) is 3.91. The first kappa shape index (κ1) is 18.4. The second-order valence-electron chi connectivity index (χ2n) is 5.55. The number of carbonyl (C=O) groups is 1. The molecule has 11 heteroatoms. The van der Waals surface area contributed by atoms with E-state index in [1.54, 1.807) is 0 Å². The van der Waals surface area contributed by atoms with E-state index in [1.807, 2.05) is 0 Å². The van der Waals surface area contributed by atoms with Crippen LogP contribution in [0.2, 0.25) is 0 Å². The van der Waals surface area contributed by atoms with Crippen molar-refractivity contribution in [2.75, 3.05) is 0 Å². The standard InChI is InChI=1S/C12H20O11/c1-2-3(13)4(14)7(17)12(21-2)23-8-5(15)6(16)11(20)22-9(8)10(18)19/h2-9,11-17,20H,1H3,(H,18,19)/t2-,3-,4+,5+,6+,7+,8-,9-,11-,12-/m0/s1. The molecule has 2 heterocycles. The average Bonchev–Trinajstić information content (AvgIpc) is 2.50. The molecule has 0 amide bonds. The van der Waals surface area contributed by atoms with Gasteiger partial charge < -0.3 is 50.0 Å². The fraction of sp³-hybridized carbons (Fsp3) is 0.917. The van der Waals surface area contributed by atoms with Gasteiger partial charge in [-0.2, -0.15) is 0 Å². The quantitative estimate of drug-likeness (QED) is 0.263. The Morgan fingerprint density at radius 3 is 2.04 bits per heavy atom. The molecule has 0 radical (unpaired) electrons. The van der Waals surface area contributed by atoms with Crippen LogP contribution in [-0.2, 0) is 19.0 Å². The molecule has 2 aliphatic heterocycles. The van der Waals surface area contributed by atoms with Gasteiger partial charge in [0, 0.05) is 0 Å². The van der Waals surface area contributed by atoms with Crippen LogP contribution in [0.1, 0.15) is 6.92 Å². The number of aliphatic hydroxyl groups excluding tert-OH is 6. The van der Waals surface area contributed by atoms with Crippen molar-refractivity contribution in [1.82, 2.24) is 0 Å². The van der Waals surface area contributed by atoms with Crippen LogP contribution in [0.5, 0.6) is 0 Å². The van der Waals surface area contributed by atoms with Crippen LogP contribution >= 0.6 is 0 Å². The number of hydrogen-bond acceptors (Lipinski definition) is 10. The summed E-state index contributed by atoms with van der Waals surface area (Å²) in [5, 5.41) is 67.0. The van der Waals surface area contributed by atoms with Crippen molar-refractivity contribution >= 4 is 5.97 Å². The summed E-state index contributed by atoms with van der Waals surface area (Å²) in [4.78, 5) is 11.2. The van der Waals surface area contributed by atoms with E-state index in [9.17, 15) is 35.4 Å². The number of hydrogen-bond donors (Lipinski definition) is 7. The summed E-state index contributed by atoms with van der Waals surface area (Å²) < 4.78 is 15.0. The summed E-state index contributed by atoms with van der Waals surface area (Å²) in [6, 6.07) is 0. The second-order valence-corrected chi connectivity index (χ2v) is 5.55. The lowest BCUT2D eigenvalue weighted by Crippen LogP contribution is -2.64. The third-order valence-corrected chi connectivity index (χ3v) is 3.91. The molecule has 23 heavy (non-hydrogen) atoms. The molecule has 2 aliphatic rings. The summed E-state index contributed by atoms with van der Waals surface area (Å²) in [6.07, 6.45) is -16.4. The Kier molecular flexibility index (Phi) is 5.56. The Bertz CT molecular complexity index is 431. The normalized spacial score (nSPS) is 51.4. The van der Waals surface area contributed by atoms with Gasteiger partial charge in [-0.15, -0.1) is 0 Å². The molecule has 0 aromatic rings.